The molecule has 0 saturated carbocycles. The van der Waals surface area contributed by atoms with Crippen LogP contribution in [0.15, 0.2) is 182 Å². The second-order valence-electron chi connectivity index (χ2n) is 8.75. The number of rotatable bonds is 6. The summed E-state index contributed by atoms with van der Waals surface area (Å²) in [5, 5.41) is 8.39. The summed E-state index contributed by atoms with van der Waals surface area (Å²) in [6.45, 7) is 0. The van der Waals surface area contributed by atoms with E-state index < -0.39 is 33.7 Å². The molecule has 0 atom stereocenters. The van der Waals surface area contributed by atoms with Gasteiger partial charge in [-0.15, -0.1) is 0 Å². The molecule has 8 heteroatoms. The van der Waals surface area contributed by atoms with E-state index >= 15 is 0 Å². The molecule has 0 aliphatic carbocycles. The molecule has 0 heterocycles. The molecular weight excluding hydrogens is 1090 g/mol. The number of hydrogen-bond donors (Lipinski definition) is 0. The van der Waals surface area contributed by atoms with Crippen LogP contribution in [0.5, 0.6) is 0 Å². The number of hydrogen-bond acceptors (Lipinski definition) is 2. The minimum atomic E-state index is -2.17. The average molecular weight is 1120 g/mol. The van der Waals surface area contributed by atoms with Gasteiger partial charge >= 0.3 is 24.8 Å². The third kappa shape index (κ3) is 12.8. The molecule has 0 aliphatic heterocycles. The standard InChI is InChI=1S/2C18H15P.3HI.2O.Re/c2*1-4-10-16(11-5-1)19(17-12-6-2-7-13-17)18-14-8-3-9-15-18;;;;;;/h2*1-15H;3*1H;;;/q;;;;;;;+3/p-3. The van der Waals surface area contributed by atoms with Gasteiger partial charge in [-0.1, -0.05) is 182 Å². The van der Waals surface area contributed by atoms with Gasteiger partial charge in [0, 0.05) is 0 Å². The van der Waals surface area contributed by atoms with Crippen LogP contribution >= 0.6 is 15.8 Å². The summed E-state index contributed by atoms with van der Waals surface area (Å²) < 4.78 is 17.1. The van der Waals surface area contributed by atoms with Gasteiger partial charge in [0.15, 0.2) is 0 Å². The second kappa shape index (κ2) is 23.9. The van der Waals surface area contributed by atoms with Crippen molar-refractivity contribution in [3.05, 3.63) is 182 Å². The van der Waals surface area contributed by atoms with Gasteiger partial charge in [-0.05, 0) is 47.7 Å². The molecule has 0 unspecified atom stereocenters. The van der Waals surface area contributed by atoms with E-state index in [9.17, 15) is 0 Å². The van der Waals surface area contributed by atoms with Crippen LogP contribution in [-0.4, -0.2) is 0 Å². The Bertz CT molecular complexity index is 1290. The predicted octanol–water partition coefficient (Wildman–Crippen LogP) is -2.34. The SMILES string of the molecule is [I-].[I-].[I-].[O]=[Re+3]=[O].c1ccc(P(c2ccccc2)c2ccccc2)cc1.c1ccc(P(c2ccccc2)c2ccccc2)cc1. The fraction of sp³-hybridized carbons (Fsp3) is 0. The van der Waals surface area contributed by atoms with Crippen LogP contribution in [0.2, 0.25) is 0 Å². The molecule has 0 radical (unpaired) electrons. The van der Waals surface area contributed by atoms with Crippen molar-refractivity contribution in [2.75, 3.05) is 0 Å². The molecule has 0 N–H and O–H groups in total. The first-order valence-electron chi connectivity index (χ1n) is 13.1. The van der Waals surface area contributed by atoms with Crippen molar-refractivity contribution in [2.45, 2.75) is 0 Å². The Morgan fingerprint density at radius 2 is 0.386 bits per heavy atom. The summed E-state index contributed by atoms with van der Waals surface area (Å²) in [6.07, 6.45) is 0. The molecular formula is C36H30I3O2P2Re. The fourth-order valence-electron chi connectivity index (χ4n) is 4.36. The molecule has 0 aliphatic rings. The monoisotopic (exact) mass is 1120 g/mol. The Morgan fingerprint density at radius 3 is 0.500 bits per heavy atom. The first kappa shape index (κ1) is 40.7. The van der Waals surface area contributed by atoms with Crippen molar-refractivity contribution in [1.29, 1.82) is 0 Å². The van der Waals surface area contributed by atoms with Crippen LogP contribution in [0, 0.1) is 0 Å². The summed E-state index contributed by atoms with van der Waals surface area (Å²) in [6, 6.07) is 64.7. The van der Waals surface area contributed by atoms with Gasteiger partial charge in [-0.3, -0.25) is 0 Å². The van der Waals surface area contributed by atoms with Gasteiger partial charge in [0.1, 0.15) is 0 Å². The molecule has 44 heavy (non-hydrogen) atoms. The van der Waals surface area contributed by atoms with Gasteiger partial charge in [0.25, 0.3) is 0 Å². The maximum absolute atomic E-state index is 8.53. The Labute approximate surface area is 322 Å². The van der Waals surface area contributed by atoms with Gasteiger partial charge in [-0.2, -0.15) is 0 Å². The van der Waals surface area contributed by atoms with Crippen LogP contribution in [0.4, 0.5) is 0 Å². The van der Waals surface area contributed by atoms with Crippen LogP contribution < -0.4 is 104 Å². The zero-order valence-corrected chi connectivity index (χ0v) is 34.5. The first-order chi connectivity index (χ1) is 20.3. The van der Waals surface area contributed by atoms with Crippen molar-refractivity contribution in [1.82, 2.24) is 0 Å². The third-order valence-electron chi connectivity index (χ3n) is 6.09. The van der Waals surface area contributed by atoms with Crippen LogP contribution in [0.3, 0.4) is 0 Å². The van der Waals surface area contributed by atoms with Crippen molar-refractivity contribution < 1.29 is 96.8 Å². The minimum absolute atomic E-state index is 0. The van der Waals surface area contributed by atoms with Crippen LogP contribution in [0.1, 0.15) is 0 Å². The van der Waals surface area contributed by atoms with Gasteiger partial charge in [0.2, 0.25) is 0 Å². The van der Waals surface area contributed by atoms with Crippen LogP contribution in [-0.2, 0) is 24.8 Å². The summed E-state index contributed by atoms with van der Waals surface area (Å²) in [5.74, 6) is 0. The molecule has 6 rings (SSSR count). The van der Waals surface area contributed by atoms with Crippen molar-refractivity contribution in [3.63, 3.8) is 0 Å². The Hall–Kier alpha value is -1.37. The summed E-state index contributed by atoms with van der Waals surface area (Å²) in [5.41, 5.74) is 0. The van der Waals surface area contributed by atoms with Crippen LogP contribution in [0.25, 0.3) is 0 Å². The van der Waals surface area contributed by atoms with E-state index in [0.717, 1.165) is 0 Å². The predicted molar refractivity (Wildman–Crippen MR) is 172 cm³/mol. The van der Waals surface area contributed by atoms with E-state index in [-0.39, 0.29) is 71.9 Å². The summed E-state index contributed by atoms with van der Waals surface area (Å²) in [4.78, 5) is 0. The molecule has 0 fully saturated rings. The molecule has 2 nitrogen and oxygen atoms in total. The maximum atomic E-state index is 8.53. The average Bonchev–Trinajstić information content (AvgIpc) is 3.05. The number of halogens is 3. The Morgan fingerprint density at radius 1 is 0.273 bits per heavy atom. The molecule has 0 aromatic heterocycles. The Kier molecular flexibility index (Phi) is 22.1. The molecule has 0 amide bonds. The zero-order valence-electron chi connectivity index (χ0n) is 23.5. The van der Waals surface area contributed by atoms with E-state index in [0.29, 0.717) is 0 Å². The van der Waals surface area contributed by atoms with Gasteiger partial charge < -0.3 is 71.9 Å². The van der Waals surface area contributed by atoms with Crippen molar-refractivity contribution in [3.8, 4) is 0 Å². The smallest absolute Gasteiger partial charge is 0.0134 e. The molecule has 0 saturated heterocycles. The minimum Gasteiger partial charge on any atom is -0.0622 e. The molecule has 0 spiro atoms. The van der Waals surface area contributed by atoms with E-state index in [1.165, 1.54) is 31.8 Å². The molecule has 6 aromatic carbocycles. The molecule has 0 bridgehead atoms. The molecule has 224 valence electrons. The molecule has 6 aromatic rings. The first-order valence-corrected chi connectivity index (χ1v) is 18.0. The van der Waals surface area contributed by atoms with Crippen molar-refractivity contribution in [2.24, 2.45) is 0 Å². The van der Waals surface area contributed by atoms with E-state index in [1.54, 1.807) is 0 Å². The van der Waals surface area contributed by atoms with Gasteiger partial charge in [-0.25, -0.2) is 0 Å². The topological polar surface area (TPSA) is 34.1 Å². The van der Waals surface area contributed by atoms with E-state index in [4.69, 9.17) is 6.94 Å². The van der Waals surface area contributed by atoms with E-state index in [2.05, 4.69) is 182 Å². The van der Waals surface area contributed by atoms with E-state index in [1.807, 2.05) is 0 Å². The normalized spacial score (nSPS) is 9.32. The maximum Gasteiger partial charge on any atom is -0.0134 e. The fourth-order valence-corrected chi connectivity index (χ4v) is 8.97. The summed E-state index contributed by atoms with van der Waals surface area (Å²) >= 11 is -2.17. The quantitative estimate of drug-likeness (QED) is 0.139. The Balaban J connectivity index is 0.000000380. The largest absolute Gasteiger partial charge is 0.0622 e. The van der Waals surface area contributed by atoms with Gasteiger partial charge in [0.05, 0.1) is 0 Å². The zero-order chi connectivity index (χ0) is 28.5. The third-order valence-corrected chi connectivity index (χ3v) is 11.0. The van der Waals surface area contributed by atoms with Crippen molar-refractivity contribution >= 4 is 47.7 Å². The number of benzene rings is 6. The second-order valence-corrected chi connectivity index (χ2v) is 13.6. The summed E-state index contributed by atoms with van der Waals surface area (Å²) in [7, 11) is -0.892.